The number of hydrogen-bond donors (Lipinski definition) is 4. The molecular formula is C32H46O9. The Bertz CT molecular complexity index is 1230. The van der Waals surface area contributed by atoms with Crippen molar-refractivity contribution in [3.05, 3.63) is 23.8 Å². The Labute approximate surface area is 242 Å². The van der Waals surface area contributed by atoms with Crippen LogP contribution in [0.5, 0.6) is 0 Å². The smallest absolute Gasteiger partial charge is 0.303 e. The molecule has 228 valence electrons. The van der Waals surface area contributed by atoms with Gasteiger partial charge in [-0.2, -0.15) is 0 Å². The Kier molecular flexibility index (Phi) is 7.47. The summed E-state index contributed by atoms with van der Waals surface area (Å²) >= 11 is 0. The zero-order valence-corrected chi connectivity index (χ0v) is 25.5. The summed E-state index contributed by atoms with van der Waals surface area (Å²) in [5.41, 5.74) is -6.45. The summed E-state index contributed by atoms with van der Waals surface area (Å²) in [6, 6.07) is 0. The SMILES string of the molecule is CC(=O)OC(C)(C)/C=C/C(=O)[C@](C)(O)[C@H]1[C@H](O)C[C@]2(C)[C@H]3CC=C4[C@H](C[C@H](O)C(=O)C4(C)C)[C@]3(CO)C(=O)C[C@]12C. The maximum absolute atomic E-state index is 14.4. The maximum Gasteiger partial charge on any atom is 0.303 e. The number of hydrogen-bond acceptors (Lipinski definition) is 9. The van der Waals surface area contributed by atoms with Crippen molar-refractivity contribution in [1.29, 1.82) is 0 Å². The molecule has 4 aliphatic rings. The molecule has 0 spiro atoms. The van der Waals surface area contributed by atoms with E-state index in [9.17, 15) is 39.6 Å². The number of esters is 1. The summed E-state index contributed by atoms with van der Waals surface area (Å²) in [6.07, 6.45) is 2.66. The number of aliphatic hydroxyl groups excluding tert-OH is 3. The van der Waals surface area contributed by atoms with Gasteiger partial charge in [0.1, 0.15) is 23.1 Å². The van der Waals surface area contributed by atoms with Gasteiger partial charge >= 0.3 is 5.97 Å². The van der Waals surface area contributed by atoms with E-state index in [2.05, 4.69) is 0 Å². The van der Waals surface area contributed by atoms with E-state index in [4.69, 9.17) is 4.74 Å². The van der Waals surface area contributed by atoms with E-state index in [1.165, 1.54) is 19.9 Å². The van der Waals surface area contributed by atoms with Crippen molar-refractivity contribution >= 4 is 23.3 Å². The quantitative estimate of drug-likeness (QED) is 0.212. The normalized spacial score (nSPS) is 41.7. The van der Waals surface area contributed by atoms with Crippen LogP contribution >= 0.6 is 0 Å². The van der Waals surface area contributed by atoms with Gasteiger partial charge in [0.15, 0.2) is 11.6 Å². The molecule has 0 aromatic carbocycles. The highest BCUT2D eigenvalue weighted by molar-refractivity contribution is 5.98. The highest BCUT2D eigenvalue weighted by atomic mass is 16.6. The predicted molar refractivity (Wildman–Crippen MR) is 149 cm³/mol. The summed E-state index contributed by atoms with van der Waals surface area (Å²) in [4.78, 5) is 52.2. The first-order chi connectivity index (χ1) is 18.6. The average Bonchev–Trinajstić information content (AvgIpc) is 3.05. The van der Waals surface area contributed by atoms with Crippen LogP contribution < -0.4 is 0 Å². The molecular weight excluding hydrogens is 528 g/mol. The van der Waals surface area contributed by atoms with Crippen LogP contribution in [0.3, 0.4) is 0 Å². The maximum atomic E-state index is 14.4. The summed E-state index contributed by atoms with van der Waals surface area (Å²) in [5, 5.41) is 45.0. The van der Waals surface area contributed by atoms with E-state index >= 15 is 0 Å². The van der Waals surface area contributed by atoms with Gasteiger partial charge in [-0.15, -0.1) is 0 Å². The first kappa shape index (κ1) is 31.7. The molecule has 0 radical (unpaired) electrons. The van der Waals surface area contributed by atoms with Crippen molar-refractivity contribution in [2.75, 3.05) is 6.61 Å². The van der Waals surface area contributed by atoms with Gasteiger partial charge in [0.05, 0.1) is 18.1 Å². The monoisotopic (exact) mass is 574 g/mol. The van der Waals surface area contributed by atoms with Gasteiger partial charge in [-0.1, -0.05) is 25.5 Å². The van der Waals surface area contributed by atoms with Crippen LogP contribution in [0.15, 0.2) is 23.8 Å². The molecule has 0 amide bonds. The lowest BCUT2D eigenvalue weighted by atomic mass is 9.38. The van der Waals surface area contributed by atoms with E-state index < -0.39 is 81.2 Å². The second-order valence-electron chi connectivity index (χ2n) is 14.7. The summed E-state index contributed by atoms with van der Waals surface area (Å²) < 4.78 is 5.22. The number of fused-ring (bicyclic) bond motifs is 5. The molecule has 9 heteroatoms. The van der Waals surface area contributed by atoms with Crippen LogP contribution in [0, 0.1) is 39.4 Å². The second kappa shape index (κ2) is 9.66. The van der Waals surface area contributed by atoms with Gasteiger partial charge in [0.2, 0.25) is 0 Å². The first-order valence-electron chi connectivity index (χ1n) is 14.5. The number of ether oxygens (including phenoxy) is 1. The Balaban J connectivity index is 1.78. The number of aliphatic hydroxyl groups is 4. The molecule has 3 saturated carbocycles. The van der Waals surface area contributed by atoms with Crippen LogP contribution in [-0.2, 0) is 23.9 Å². The van der Waals surface area contributed by atoms with Gasteiger partial charge < -0.3 is 25.2 Å². The Morgan fingerprint density at radius 2 is 1.71 bits per heavy atom. The first-order valence-corrected chi connectivity index (χ1v) is 14.5. The number of rotatable bonds is 6. The number of carbonyl (C=O) groups excluding carboxylic acids is 4. The average molecular weight is 575 g/mol. The third-order valence-corrected chi connectivity index (χ3v) is 11.5. The third-order valence-electron chi connectivity index (χ3n) is 11.5. The van der Waals surface area contributed by atoms with Crippen molar-refractivity contribution < 1.29 is 44.3 Å². The van der Waals surface area contributed by atoms with Gasteiger partial charge in [-0.05, 0) is 88.7 Å². The molecule has 0 aromatic rings. The van der Waals surface area contributed by atoms with Crippen LogP contribution in [0.4, 0.5) is 0 Å². The van der Waals surface area contributed by atoms with Crippen LogP contribution in [0.2, 0.25) is 0 Å². The highest BCUT2D eigenvalue weighted by Gasteiger charge is 2.75. The number of allylic oxidation sites excluding steroid dienone is 2. The summed E-state index contributed by atoms with van der Waals surface area (Å²) in [5.74, 6) is -3.76. The Morgan fingerprint density at radius 3 is 2.27 bits per heavy atom. The van der Waals surface area contributed by atoms with Crippen LogP contribution in [-0.4, -0.2) is 73.8 Å². The molecule has 4 N–H and O–H groups in total. The molecule has 41 heavy (non-hydrogen) atoms. The summed E-state index contributed by atoms with van der Waals surface area (Å²) in [7, 11) is 0. The van der Waals surface area contributed by atoms with Crippen molar-refractivity contribution in [2.45, 2.75) is 104 Å². The van der Waals surface area contributed by atoms with E-state index in [0.29, 0.717) is 6.42 Å². The van der Waals surface area contributed by atoms with Crippen LogP contribution in [0.1, 0.15) is 81.1 Å². The van der Waals surface area contributed by atoms with E-state index in [1.54, 1.807) is 27.7 Å². The third kappa shape index (κ3) is 4.33. The lowest BCUT2D eigenvalue weighted by Crippen LogP contribution is -2.67. The molecule has 9 nitrogen and oxygen atoms in total. The molecule has 9 atom stereocenters. The predicted octanol–water partition coefficient (Wildman–Crippen LogP) is 2.47. The Morgan fingerprint density at radius 1 is 1.10 bits per heavy atom. The molecule has 0 aromatic heterocycles. The van der Waals surface area contributed by atoms with Crippen molar-refractivity contribution in [1.82, 2.24) is 0 Å². The molecule has 0 saturated heterocycles. The van der Waals surface area contributed by atoms with E-state index in [0.717, 1.165) is 11.6 Å². The molecule has 4 aliphatic carbocycles. The molecule has 4 rings (SSSR count). The van der Waals surface area contributed by atoms with E-state index in [1.807, 2.05) is 19.9 Å². The fourth-order valence-electron chi connectivity index (χ4n) is 9.47. The van der Waals surface area contributed by atoms with E-state index in [-0.39, 0.29) is 30.8 Å². The molecule has 0 aliphatic heterocycles. The number of Topliss-reactive ketones (excluding diaryl/α,β-unsaturated/α-hetero) is 2. The zero-order valence-electron chi connectivity index (χ0n) is 25.5. The van der Waals surface area contributed by atoms with Gasteiger partial charge in [-0.25, -0.2) is 0 Å². The minimum Gasteiger partial charge on any atom is -0.456 e. The lowest BCUT2D eigenvalue weighted by molar-refractivity contribution is -0.192. The second-order valence-corrected chi connectivity index (χ2v) is 14.7. The minimum atomic E-state index is -2.06. The topological polar surface area (TPSA) is 158 Å². The molecule has 3 fully saturated rings. The minimum absolute atomic E-state index is 0.0365. The van der Waals surface area contributed by atoms with Crippen molar-refractivity contribution in [3.8, 4) is 0 Å². The number of carbonyl (C=O) groups is 4. The largest absolute Gasteiger partial charge is 0.456 e. The zero-order chi connectivity index (χ0) is 31.1. The standard InChI is InChI=1S/C32H46O9/c1-17(34)41-27(2,3)12-11-23(37)31(8,40)25-21(36)14-29(6)22-10-9-18-19(13-20(35)26(39)28(18,4)5)32(22,16-33)24(38)15-30(25,29)7/h9,11-12,19-22,25,33,35-36,40H,10,13-16H2,1-8H3/b12-11+/t19-,20-,21+,22+,25-,29+,30+,31-,32-/m0/s1. The molecule has 0 bridgehead atoms. The van der Waals surface area contributed by atoms with Gasteiger partial charge in [0, 0.05) is 24.7 Å². The fourth-order valence-corrected chi connectivity index (χ4v) is 9.47. The van der Waals surface area contributed by atoms with Gasteiger partial charge in [-0.3, -0.25) is 19.2 Å². The van der Waals surface area contributed by atoms with Gasteiger partial charge in [0.25, 0.3) is 0 Å². The van der Waals surface area contributed by atoms with Crippen molar-refractivity contribution in [3.63, 3.8) is 0 Å². The highest BCUT2D eigenvalue weighted by Crippen LogP contribution is 2.74. The number of ketones is 3. The molecule has 0 heterocycles. The van der Waals surface area contributed by atoms with Crippen molar-refractivity contribution in [2.24, 2.45) is 39.4 Å². The fraction of sp³-hybridized carbons (Fsp3) is 0.750. The lowest BCUT2D eigenvalue weighted by Gasteiger charge is -2.64. The molecule has 0 unspecified atom stereocenters. The Hall–Kier alpha value is -2.20. The summed E-state index contributed by atoms with van der Waals surface area (Å²) in [6.45, 7) is 12.6. The van der Waals surface area contributed by atoms with Crippen LogP contribution in [0.25, 0.3) is 0 Å².